The average molecular weight is 308 g/mol. The van der Waals surface area contributed by atoms with Crippen molar-refractivity contribution in [3.63, 3.8) is 0 Å². The normalized spacial score (nSPS) is 11.3. The Kier molecular flexibility index (Phi) is 5.00. The minimum absolute atomic E-state index is 0.490. The number of aromatic nitrogens is 2. The lowest BCUT2D eigenvalue weighted by Gasteiger charge is -2.26. The Hall–Kier alpha value is -2.41. The highest BCUT2D eigenvalue weighted by molar-refractivity contribution is 5.69. The molecule has 4 heteroatoms. The molecule has 0 amide bonds. The number of nitrogens with zero attached hydrogens (tertiary/aromatic N) is 3. The van der Waals surface area contributed by atoms with Gasteiger partial charge in [0.05, 0.1) is 23.4 Å². The Morgan fingerprint density at radius 1 is 1.13 bits per heavy atom. The van der Waals surface area contributed by atoms with E-state index in [4.69, 9.17) is 5.73 Å². The first kappa shape index (κ1) is 17.0. The summed E-state index contributed by atoms with van der Waals surface area (Å²) in [7, 11) is 0. The third kappa shape index (κ3) is 3.05. The summed E-state index contributed by atoms with van der Waals surface area (Å²) in [6.45, 7) is 8.16. The molecule has 2 aromatic heterocycles. The molecule has 2 N–H and O–H groups in total. The molecular weight excluding hydrogens is 284 g/mol. The van der Waals surface area contributed by atoms with Gasteiger partial charge in [-0.15, -0.1) is 0 Å². The number of anilines is 1. The van der Waals surface area contributed by atoms with Gasteiger partial charge in [0.25, 0.3) is 0 Å². The second-order valence-corrected chi connectivity index (χ2v) is 5.87. The Morgan fingerprint density at radius 3 is 2.39 bits per heavy atom. The molecule has 0 saturated carbocycles. The van der Waals surface area contributed by atoms with Crippen molar-refractivity contribution in [1.82, 2.24) is 9.97 Å². The Balaban J connectivity index is 2.69. The van der Waals surface area contributed by atoms with E-state index >= 15 is 0 Å². The minimum atomic E-state index is -0.490. The van der Waals surface area contributed by atoms with Crippen LogP contribution in [0.3, 0.4) is 0 Å². The summed E-state index contributed by atoms with van der Waals surface area (Å²) < 4.78 is 0. The number of hydrogen-bond acceptors (Lipinski definition) is 4. The highest BCUT2D eigenvalue weighted by atomic mass is 14.7. The van der Waals surface area contributed by atoms with Gasteiger partial charge in [-0.1, -0.05) is 20.8 Å². The molecule has 0 radical (unpaired) electrons. The van der Waals surface area contributed by atoms with Gasteiger partial charge < -0.3 is 5.73 Å². The maximum Gasteiger partial charge on any atom is 0.0834 e. The van der Waals surface area contributed by atoms with Crippen LogP contribution < -0.4 is 5.73 Å². The molecular formula is C19H24N4. The van der Waals surface area contributed by atoms with Crippen molar-refractivity contribution in [2.45, 2.75) is 52.4 Å². The highest BCUT2D eigenvalue weighted by Gasteiger charge is 2.31. The lowest BCUT2D eigenvalue weighted by molar-refractivity contribution is 0.504. The zero-order valence-electron chi connectivity index (χ0n) is 14.3. The van der Waals surface area contributed by atoms with Gasteiger partial charge in [0.15, 0.2) is 0 Å². The van der Waals surface area contributed by atoms with Crippen LogP contribution >= 0.6 is 0 Å². The van der Waals surface area contributed by atoms with E-state index in [1.807, 2.05) is 19.2 Å². The van der Waals surface area contributed by atoms with Gasteiger partial charge in [0.2, 0.25) is 0 Å². The van der Waals surface area contributed by atoms with E-state index in [0.717, 1.165) is 47.3 Å². The lowest BCUT2D eigenvalue weighted by Crippen LogP contribution is -2.24. The maximum absolute atomic E-state index is 9.80. The van der Waals surface area contributed by atoms with Crippen molar-refractivity contribution in [2.24, 2.45) is 0 Å². The van der Waals surface area contributed by atoms with Crippen molar-refractivity contribution in [2.75, 3.05) is 5.73 Å². The molecule has 0 bridgehead atoms. The van der Waals surface area contributed by atoms with Gasteiger partial charge in [-0.2, -0.15) is 5.26 Å². The van der Waals surface area contributed by atoms with Gasteiger partial charge in [0, 0.05) is 28.7 Å². The molecule has 0 spiro atoms. The molecule has 0 aliphatic rings. The first-order valence-electron chi connectivity index (χ1n) is 8.14. The number of nitriles is 1. The molecule has 2 aromatic rings. The third-order valence-electron chi connectivity index (χ3n) is 4.66. The summed E-state index contributed by atoms with van der Waals surface area (Å²) in [5, 5.41) is 9.80. The zero-order chi connectivity index (χ0) is 17.0. The number of hydrogen-bond donors (Lipinski definition) is 1. The molecule has 0 aromatic carbocycles. The molecule has 0 atom stereocenters. The van der Waals surface area contributed by atoms with Crippen molar-refractivity contribution < 1.29 is 0 Å². The molecule has 0 saturated heterocycles. The smallest absolute Gasteiger partial charge is 0.0834 e. The first-order valence-corrected chi connectivity index (χ1v) is 8.14. The minimum Gasteiger partial charge on any atom is -0.397 e. The zero-order valence-corrected chi connectivity index (χ0v) is 14.3. The maximum atomic E-state index is 9.80. The topological polar surface area (TPSA) is 75.6 Å². The predicted molar refractivity (Wildman–Crippen MR) is 93.9 cm³/mol. The average Bonchev–Trinajstić information content (AvgIpc) is 2.59. The molecule has 0 aliphatic carbocycles. The standard InChI is InChI=1S/C19H24N4/c1-5-18-17(19(6-2,7-3)12-20)8-14(10-23-18)16-9-15(21)11-22-13(16)4/h8-11H,5-7,21H2,1-4H3. The van der Waals surface area contributed by atoms with Crippen LogP contribution in [-0.2, 0) is 11.8 Å². The molecule has 0 aliphatic heterocycles. The van der Waals surface area contributed by atoms with E-state index in [1.54, 1.807) is 6.20 Å². The Bertz CT molecular complexity index is 740. The van der Waals surface area contributed by atoms with Gasteiger partial charge in [0.1, 0.15) is 0 Å². The van der Waals surface area contributed by atoms with Crippen LogP contribution in [0, 0.1) is 18.3 Å². The fraction of sp³-hybridized carbons (Fsp3) is 0.421. The summed E-state index contributed by atoms with van der Waals surface area (Å²) in [4.78, 5) is 8.97. The van der Waals surface area contributed by atoms with E-state index < -0.39 is 5.41 Å². The molecule has 120 valence electrons. The van der Waals surface area contributed by atoms with Crippen molar-refractivity contribution >= 4 is 5.69 Å². The molecule has 2 rings (SSSR count). The number of nitrogen functional groups attached to an aromatic ring is 1. The van der Waals surface area contributed by atoms with E-state index in [2.05, 4.69) is 42.9 Å². The van der Waals surface area contributed by atoms with Crippen LogP contribution in [0.5, 0.6) is 0 Å². The van der Waals surface area contributed by atoms with Gasteiger partial charge >= 0.3 is 0 Å². The first-order chi connectivity index (χ1) is 11.0. The van der Waals surface area contributed by atoms with Crippen LogP contribution in [0.1, 0.15) is 50.6 Å². The SMILES string of the molecule is CCc1ncc(-c2cc(N)cnc2C)cc1C(C#N)(CC)CC. The van der Waals surface area contributed by atoms with Crippen molar-refractivity contribution in [3.8, 4) is 17.2 Å². The van der Waals surface area contributed by atoms with E-state index in [0.29, 0.717) is 5.69 Å². The number of nitrogens with two attached hydrogens (primary N) is 1. The molecule has 23 heavy (non-hydrogen) atoms. The highest BCUT2D eigenvalue weighted by Crippen LogP contribution is 2.36. The van der Waals surface area contributed by atoms with Crippen LogP contribution in [0.4, 0.5) is 5.69 Å². The molecule has 4 nitrogen and oxygen atoms in total. The number of rotatable bonds is 5. The predicted octanol–water partition coefficient (Wildman–Crippen LogP) is 4.18. The van der Waals surface area contributed by atoms with Crippen LogP contribution in [0.15, 0.2) is 24.5 Å². The van der Waals surface area contributed by atoms with Gasteiger partial charge in [-0.05, 0) is 43.9 Å². The van der Waals surface area contributed by atoms with E-state index in [9.17, 15) is 5.26 Å². The fourth-order valence-electron chi connectivity index (χ4n) is 3.03. The van der Waals surface area contributed by atoms with Gasteiger partial charge in [-0.25, -0.2) is 0 Å². The monoisotopic (exact) mass is 308 g/mol. The number of aryl methyl sites for hydroxylation is 2. The van der Waals surface area contributed by atoms with Crippen LogP contribution in [-0.4, -0.2) is 9.97 Å². The fourth-order valence-corrected chi connectivity index (χ4v) is 3.03. The molecule has 0 unspecified atom stereocenters. The summed E-state index contributed by atoms with van der Waals surface area (Å²) in [5.41, 5.74) is 10.9. The van der Waals surface area contributed by atoms with Crippen molar-refractivity contribution in [3.05, 3.63) is 41.5 Å². The van der Waals surface area contributed by atoms with E-state index in [-0.39, 0.29) is 0 Å². The largest absolute Gasteiger partial charge is 0.397 e. The summed E-state index contributed by atoms with van der Waals surface area (Å²) in [5.74, 6) is 0. The van der Waals surface area contributed by atoms with E-state index in [1.165, 1.54) is 0 Å². The summed E-state index contributed by atoms with van der Waals surface area (Å²) >= 11 is 0. The molecule has 2 heterocycles. The van der Waals surface area contributed by atoms with Gasteiger partial charge in [-0.3, -0.25) is 9.97 Å². The molecule has 0 fully saturated rings. The van der Waals surface area contributed by atoms with Crippen LogP contribution in [0.2, 0.25) is 0 Å². The summed E-state index contributed by atoms with van der Waals surface area (Å²) in [6, 6.07) is 6.55. The second-order valence-electron chi connectivity index (χ2n) is 5.87. The third-order valence-corrected chi connectivity index (χ3v) is 4.66. The number of pyridine rings is 2. The second kappa shape index (κ2) is 6.78. The quantitative estimate of drug-likeness (QED) is 0.899. The summed E-state index contributed by atoms with van der Waals surface area (Å²) in [6.07, 6.45) is 5.87. The Morgan fingerprint density at radius 2 is 1.83 bits per heavy atom. The van der Waals surface area contributed by atoms with Crippen molar-refractivity contribution in [1.29, 1.82) is 5.26 Å². The van der Waals surface area contributed by atoms with Crippen LogP contribution in [0.25, 0.3) is 11.1 Å². The Labute approximate surface area is 138 Å². The lowest BCUT2D eigenvalue weighted by atomic mass is 9.75.